The van der Waals surface area contributed by atoms with Gasteiger partial charge in [0.15, 0.2) is 5.82 Å². The predicted molar refractivity (Wildman–Crippen MR) is 113 cm³/mol. The number of rotatable bonds is 4. The number of amides is 1. The number of carbonyl (C=O) groups excluding carboxylic acids is 1. The van der Waals surface area contributed by atoms with E-state index in [0.29, 0.717) is 11.5 Å². The maximum Gasteiger partial charge on any atom is 0.261 e. The molecule has 0 spiro atoms. The summed E-state index contributed by atoms with van der Waals surface area (Å²) in [6.07, 6.45) is 3.02. The molecule has 0 fully saturated rings. The van der Waals surface area contributed by atoms with Gasteiger partial charge in [0, 0.05) is 5.56 Å². The fraction of sp³-hybridized carbons (Fsp3) is 0. The third kappa shape index (κ3) is 3.44. The van der Waals surface area contributed by atoms with Crippen molar-refractivity contribution in [2.45, 2.75) is 0 Å². The predicted octanol–water partition coefficient (Wildman–Crippen LogP) is 5.15. The number of carbonyl (C=O) groups is 1. The Bertz CT molecular complexity index is 1400. The van der Waals surface area contributed by atoms with Crippen LogP contribution in [0.15, 0.2) is 73.1 Å². The van der Waals surface area contributed by atoms with E-state index < -0.39 is 23.1 Å². The molecule has 31 heavy (non-hydrogen) atoms. The zero-order valence-corrected chi connectivity index (χ0v) is 16.0. The summed E-state index contributed by atoms with van der Waals surface area (Å²) >= 11 is 0. The van der Waals surface area contributed by atoms with Crippen LogP contribution < -0.4 is 5.32 Å². The van der Waals surface area contributed by atoms with Gasteiger partial charge >= 0.3 is 0 Å². The topological polar surface area (TPSA) is 86.5 Å². The van der Waals surface area contributed by atoms with Gasteiger partial charge in [0.05, 0.1) is 23.8 Å². The monoisotopic (exact) mass is 415 g/mol. The van der Waals surface area contributed by atoms with Crippen molar-refractivity contribution in [3.05, 3.63) is 90.3 Å². The van der Waals surface area contributed by atoms with Crippen molar-refractivity contribution in [3.8, 4) is 22.8 Å². The van der Waals surface area contributed by atoms with E-state index in [0.717, 1.165) is 34.2 Å². The first kappa shape index (κ1) is 18.7. The minimum atomic E-state index is -0.945. The average Bonchev–Trinajstić information content (AvgIpc) is 3.43. The molecule has 152 valence electrons. The summed E-state index contributed by atoms with van der Waals surface area (Å²) in [5.41, 5.74) is 1.68. The van der Waals surface area contributed by atoms with E-state index in [1.165, 1.54) is 12.3 Å². The minimum Gasteiger partial charge on any atom is -0.337 e. The highest BCUT2D eigenvalue weighted by molar-refractivity contribution is 6.06. The van der Waals surface area contributed by atoms with Crippen LogP contribution in [-0.2, 0) is 0 Å². The lowest BCUT2D eigenvalue weighted by molar-refractivity contribution is 0.101. The number of halogens is 2. The second-order valence-corrected chi connectivity index (χ2v) is 6.92. The van der Waals surface area contributed by atoms with Crippen molar-refractivity contribution >= 4 is 22.4 Å². The summed E-state index contributed by atoms with van der Waals surface area (Å²) in [6, 6.07) is 17.3. The van der Waals surface area contributed by atoms with Gasteiger partial charge in [-0.3, -0.25) is 9.89 Å². The SMILES string of the molecule is O=C(Nc1cn[nH]c1-c1ncc(-c2ccc3ccccc3c2)[nH]1)c1c(F)cccc1F. The number of benzene rings is 3. The zero-order valence-electron chi connectivity index (χ0n) is 16.0. The first-order valence-electron chi connectivity index (χ1n) is 9.43. The van der Waals surface area contributed by atoms with Crippen LogP contribution in [0.1, 0.15) is 10.4 Å². The molecule has 8 heteroatoms. The Labute approximate surface area is 175 Å². The van der Waals surface area contributed by atoms with E-state index in [-0.39, 0.29) is 5.69 Å². The lowest BCUT2D eigenvalue weighted by atomic mass is 10.1. The molecule has 0 saturated carbocycles. The molecule has 6 nitrogen and oxygen atoms in total. The summed E-state index contributed by atoms with van der Waals surface area (Å²) in [7, 11) is 0. The summed E-state index contributed by atoms with van der Waals surface area (Å²) in [5, 5.41) is 11.4. The molecule has 5 rings (SSSR count). The van der Waals surface area contributed by atoms with E-state index >= 15 is 0 Å². The van der Waals surface area contributed by atoms with Gasteiger partial charge in [0.2, 0.25) is 0 Å². The first-order valence-corrected chi connectivity index (χ1v) is 9.43. The van der Waals surface area contributed by atoms with Crippen LogP contribution in [0.25, 0.3) is 33.5 Å². The Hall–Kier alpha value is -4.33. The Balaban J connectivity index is 1.44. The normalized spacial score (nSPS) is 11.0. The van der Waals surface area contributed by atoms with Crippen LogP contribution >= 0.6 is 0 Å². The van der Waals surface area contributed by atoms with Gasteiger partial charge < -0.3 is 10.3 Å². The Morgan fingerprint density at radius 3 is 2.48 bits per heavy atom. The van der Waals surface area contributed by atoms with Crippen molar-refractivity contribution < 1.29 is 13.6 Å². The van der Waals surface area contributed by atoms with Gasteiger partial charge in [-0.1, -0.05) is 42.5 Å². The van der Waals surface area contributed by atoms with Crippen molar-refractivity contribution in [1.82, 2.24) is 20.2 Å². The largest absolute Gasteiger partial charge is 0.337 e. The smallest absolute Gasteiger partial charge is 0.261 e. The third-order valence-corrected chi connectivity index (χ3v) is 4.95. The number of H-pyrrole nitrogens is 2. The minimum absolute atomic E-state index is 0.243. The molecule has 0 aliphatic carbocycles. The summed E-state index contributed by atoms with van der Waals surface area (Å²) in [6.45, 7) is 0. The lowest BCUT2D eigenvalue weighted by Gasteiger charge is -2.06. The molecule has 3 aromatic carbocycles. The number of fused-ring (bicyclic) bond motifs is 1. The molecule has 0 saturated heterocycles. The average molecular weight is 415 g/mol. The quantitative estimate of drug-likeness (QED) is 0.379. The van der Waals surface area contributed by atoms with E-state index in [1.807, 2.05) is 42.5 Å². The van der Waals surface area contributed by atoms with Gasteiger partial charge in [0.25, 0.3) is 5.91 Å². The van der Waals surface area contributed by atoms with Crippen LogP contribution in [0.3, 0.4) is 0 Å². The van der Waals surface area contributed by atoms with Crippen molar-refractivity contribution in [3.63, 3.8) is 0 Å². The van der Waals surface area contributed by atoms with Crippen LogP contribution in [0.4, 0.5) is 14.5 Å². The highest BCUT2D eigenvalue weighted by atomic mass is 19.1. The highest BCUT2D eigenvalue weighted by Gasteiger charge is 2.20. The zero-order chi connectivity index (χ0) is 21.4. The number of aromatic amines is 2. The van der Waals surface area contributed by atoms with Gasteiger partial charge in [-0.25, -0.2) is 13.8 Å². The number of anilines is 1. The molecule has 0 atom stereocenters. The molecule has 5 aromatic rings. The maximum atomic E-state index is 13.9. The van der Waals surface area contributed by atoms with E-state index in [2.05, 4.69) is 25.5 Å². The Morgan fingerprint density at radius 1 is 0.903 bits per heavy atom. The molecule has 0 radical (unpaired) electrons. The summed E-state index contributed by atoms with van der Waals surface area (Å²) < 4.78 is 27.8. The number of hydrogen-bond acceptors (Lipinski definition) is 3. The fourth-order valence-electron chi connectivity index (χ4n) is 3.41. The second-order valence-electron chi connectivity index (χ2n) is 6.92. The van der Waals surface area contributed by atoms with Crippen molar-refractivity contribution in [2.75, 3.05) is 5.32 Å². The molecule has 0 aliphatic rings. The van der Waals surface area contributed by atoms with Gasteiger partial charge in [-0.15, -0.1) is 0 Å². The molecule has 1 amide bonds. The standard InChI is InChI=1S/C23H15F2N5O/c24-16-6-3-7-17(25)20(16)23(31)29-19-12-27-30-21(19)22-26-11-18(28-22)15-9-8-13-4-1-2-5-14(13)10-15/h1-12H,(H,26,28)(H,27,30)(H,29,31). The molecule has 2 heterocycles. The number of imidazole rings is 1. The van der Waals surface area contributed by atoms with Crippen LogP contribution in [0, 0.1) is 11.6 Å². The van der Waals surface area contributed by atoms with Gasteiger partial charge in [-0.05, 0) is 29.0 Å². The maximum absolute atomic E-state index is 13.9. The van der Waals surface area contributed by atoms with E-state index in [1.54, 1.807) is 6.20 Å². The third-order valence-electron chi connectivity index (χ3n) is 4.95. The molecular weight excluding hydrogens is 400 g/mol. The number of nitrogens with zero attached hydrogens (tertiary/aromatic N) is 2. The molecule has 0 unspecified atom stereocenters. The van der Waals surface area contributed by atoms with Gasteiger partial charge in [-0.2, -0.15) is 5.10 Å². The van der Waals surface area contributed by atoms with E-state index in [4.69, 9.17) is 0 Å². The first-order chi connectivity index (χ1) is 15.1. The highest BCUT2D eigenvalue weighted by Crippen LogP contribution is 2.28. The summed E-state index contributed by atoms with van der Waals surface area (Å²) in [5.74, 6) is -2.39. The molecule has 0 aliphatic heterocycles. The number of aromatic nitrogens is 4. The molecule has 2 aromatic heterocycles. The molecular formula is C23H15F2N5O. The molecule has 3 N–H and O–H groups in total. The van der Waals surface area contributed by atoms with Crippen LogP contribution in [0.5, 0.6) is 0 Å². The Morgan fingerprint density at radius 2 is 1.68 bits per heavy atom. The number of nitrogens with one attached hydrogen (secondary N) is 3. The van der Waals surface area contributed by atoms with E-state index in [9.17, 15) is 13.6 Å². The second kappa shape index (κ2) is 7.49. The Kier molecular flexibility index (Phi) is 4.51. The summed E-state index contributed by atoms with van der Waals surface area (Å²) in [4.78, 5) is 20.0. The lowest BCUT2D eigenvalue weighted by Crippen LogP contribution is -2.16. The molecule has 0 bridgehead atoms. The fourth-order valence-corrected chi connectivity index (χ4v) is 3.41. The number of hydrogen-bond donors (Lipinski definition) is 3. The van der Waals surface area contributed by atoms with Crippen LogP contribution in [-0.4, -0.2) is 26.1 Å². The van der Waals surface area contributed by atoms with Gasteiger partial charge in [0.1, 0.15) is 22.9 Å². The van der Waals surface area contributed by atoms with Crippen molar-refractivity contribution in [1.29, 1.82) is 0 Å². The van der Waals surface area contributed by atoms with Crippen molar-refractivity contribution in [2.24, 2.45) is 0 Å². The van der Waals surface area contributed by atoms with Crippen LogP contribution in [0.2, 0.25) is 0 Å².